The van der Waals surface area contributed by atoms with Gasteiger partial charge in [0.1, 0.15) is 12.4 Å². The molecule has 0 spiro atoms. The Balaban J connectivity index is 1.63. The lowest BCUT2D eigenvalue weighted by atomic mass is 9.60. The molecule has 1 saturated heterocycles. The molecule has 2 aliphatic carbocycles. The van der Waals surface area contributed by atoms with Gasteiger partial charge in [-0.15, -0.1) is 0 Å². The number of carbonyl (C=O) groups excluding carboxylic acids is 1. The van der Waals surface area contributed by atoms with Gasteiger partial charge < -0.3 is 14.6 Å². The second kappa shape index (κ2) is 8.85. The number of phenols is 1. The Morgan fingerprint density at radius 1 is 1.33 bits per heavy atom. The summed E-state index contributed by atoms with van der Waals surface area (Å²) in [6, 6.07) is 6.14. The van der Waals surface area contributed by atoms with Crippen LogP contribution in [-0.2, 0) is 19.7 Å². The molecule has 1 aliphatic heterocycles. The molecular weight excluding hydrogens is 380 g/mol. The van der Waals surface area contributed by atoms with E-state index in [2.05, 4.69) is 30.1 Å². The van der Waals surface area contributed by atoms with Crippen molar-refractivity contribution in [2.75, 3.05) is 40.0 Å². The first-order chi connectivity index (χ1) is 14.4. The number of rotatable bonds is 8. The van der Waals surface area contributed by atoms with E-state index < -0.39 is 0 Å². The molecule has 0 radical (unpaired) electrons. The maximum atomic E-state index is 12.3. The van der Waals surface area contributed by atoms with Crippen LogP contribution < -0.4 is 5.32 Å². The Hall–Kier alpha value is -1.63. The van der Waals surface area contributed by atoms with Crippen molar-refractivity contribution < 1.29 is 19.4 Å². The largest absolute Gasteiger partial charge is 0.508 e. The van der Waals surface area contributed by atoms with Crippen LogP contribution in [0.1, 0.15) is 56.7 Å². The third-order valence-corrected chi connectivity index (χ3v) is 7.62. The standard InChI is InChI=1S/C24H36N2O4/c1-16-23-22(25-14-21(28)30-12-11-29-3)19-8-7-18(27)13-20(19)24(16,2)9-4-10-26(23)15-17-5-6-17/h7-8,13,16-17,22-23,25,27H,4-6,9-12,14-15H2,1-3H3/t16-,22?,23-,24?/m0/s1. The number of ether oxygens (including phenoxy) is 2. The summed E-state index contributed by atoms with van der Waals surface area (Å²) in [5.74, 6) is 1.30. The van der Waals surface area contributed by atoms with E-state index in [4.69, 9.17) is 9.47 Å². The highest BCUT2D eigenvalue weighted by Crippen LogP contribution is 2.52. The van der Waals surface area contributed by atoms with Gasteiger partial charge in [-0.2, -0.15) is 0 Å². The highest BCUT2D eigenvalue weighted by molar-refractivity contribution is 5.71. The van der Waals surface area contributed by atoms with Crippen LogP contribution in [0.5, 0.6) is 5.75 Å². The number of esters is 1. The van der Waals surface area contributed by atoms with Gasteiger partial charge in [-0.25, -0.2) is 0 Å². The number of carbonyl (C=O) groups is 1. The number of nitrogens with one attached hydrogen (secondary N) is 1. The summed E-state index contributed by atoms with van der Waals surface area (Å²) < 4.78 is 10.2. The summed E-state index contributed by atoms with van der Waals surface area (Å²) in [6.45, 7) is 7.81. The SMILES string of the molecule is COCCOC(=O)CNC1c2ccc(O)cc2C2(C)CCCN(CC3CC3)[C@H]1[C@@H]2C. The monoisotopic (exact) mass is 416 g/mol. The van der Waals surface area contributed by atoms with Crippen molar-refractivity contribution in [2.24, 2.45) is 11.8 Å². The summed E-state index contributed by atoms with van der Waals surface area (Å²) in [4.78, 5) is 15.0. The van der Waals surface area contributed by atoms with Crippen molar-refractivity contribution >= 4 is 5.97 Å². The van der Waals surface area contributed by atoms with Crippen LogP contribution in [0.3, 0.4) is 0 Å². The fourth-order valence-electron chi connectivity index (χ4n) is 5.65. The molecule has 3 aliphatic rings. The molecule has 6 nitrogen and oxygen atoms in total. The molecule has 6 heteroatoms. The van der Waals surface area contributed by atoms with Gasteiger partial charge in [-0.3, -0.25) is 15.0 Å². The topological polar surface area (TPSA) is 71.0 Å². The van der Waals surface area contributed by atoms with Crippen LogP contribution in [0.15, 0.2) is 18.2 Å². The fraction of sp³-hybridized carbons (Fsp3) is 0.708. The van der Waals surface area contributed by atoms with Gasteiger partial charge in [0.2, 0.25) is 0 Å². The van der Waals surface area contributed by atoms with E-state index in [-0.39, 0.29) is 30.6 Å². The first kappa shape index (κ1) is 21.6. The summed E-state index contributed by atoms with van der Waals surface area (Å²) in [5, 5.41) is 13.8. The lowest BCUT2D eigenvalue weighted by Crippen LogP contribution is -2.56. The van der Waals surface area contributed by atoms with E-state index in [9.17, 15) is 9.90 Å². The number of methoxy groups -OCH3 is 1. The third-order valence-electron chi connectivity index (χ3n) is 7.62. The number of aromatic hydroxyl groups is 1. The Bertz CT molecular complexity index is 766. The fourth-order valence-corrected chi connectivity index (χ4v) is 5.65. The maximum absolute atomic E-state index is 12.3. The summed E-state index contributed by atoms with van der Waals surface area (Å²) in [7, 11) is 1.60. The van der Waals surface area contributed by atoms with Gasteiger partial charge in [0.05, 0.1) is 13.2 Å². The first-order valence-electron chi connectivity index (χ1n) is 11.4. The van der Waals surface area contributed by atoms with Gasteiger partial charge in [-0.1, -0.05) is 19.9 Å². The predicted octanol–water partition coefficient (Wildman–Crippen LogP) is 2.99. The number of hydrogen-bond donors (Lipinski definition) is 2. The Morgan fingerprint density at radius 2 is 2.13 bits per heavy atom. The van der Waals surface area contributed by atoms with E-state index >= 15 is 0 Å². The van der Waals surface area contributed by atoms with Crippen molar-refractivity contribution in [3.63, 3.8) is 0 Å². The Kier molecular flexibility index (Phi) is 6.37. The molecule has 1 aromatic rings. The molecule has 4 atom stereocenters. The molecule has 2 unspecified atom stereocenters. The molecule has 2 bridgehead atoms. The minimum absolute atomic E-state index is 0.0220. The lowest BCUT2D eigenvalue weighted by molar-refractivity contribution is -0.144. The Labute approximate surface area is 179 Å². The third kappa shape index (κ3) is 4.23. The van der Waals surface area contributed by atoms with Crippen molar-refractivity contribution in [2.45, 2.75) is 57.0 Å². The molecular formula is C24H36N2O4. The first-order valence-corrected chi connectivity index (χ1v) is 11.4. The van der Waals surface area contributed by atoms with Crippen molar-refractivity contribution in [1.29, 1.82) is 0 Å². The minimum Gasteiger partial charge on any atom is -0.508 e. The van der Waals surface area contributed by atoms with Crippen LogP contribution in [-0.4, -0.2) is 62.0 Å². The quantitative estimate of drug-likeness (QED) is 0.502. The smallest absolute Gasteiger partial charge is 0.320 e. The van der Waals surface area contributed by atoms with Gasteiger partial charge in [0, 0.05) is 25.7 Å². The number of likely N-dealkylation sites (tertiary alicyclic amines) is 1. The number of benzene rings is 1. The van der Waals surface area contributed by atoms with Crippen LogP contribution in [0, 0.1) is 11.8 Å². The zero-order valence-corrected chi connectivity index (χ0v) is 18.5. The highest BCUT2D eigenvalue weighted by atomic mass is 16.6. The van der Waals surface area contributed by atoms with Gasteiger partial charge in [-0.05, 0) is 72.7 Å². The number of nitrogens with zero attached hydrogens (tertiary/aromatic N) is 1. The van der Waals surface area contributed by atoms with E-state index in [1.807, 2.05) is 6.07 Å². The van der Waals surface area contributed by atoms with Crippen LogP contribution in [0.2, 0.25) is 0 Å². The minimum atomic E-state index is -0.254. The summed E-state index contributed by atoms with van der Waals surface area (Å²) in [6.07, 6.45) is 4.95. The summed E-state index contributed by atoms with van der Waals surface area (Å²) in [5.41, 5.74) is 2.46. The van der Waals surface area contributed by atoms with Gasteiger partial charge in [0.25, 0.3) is 0 Å². The van der Waals surface area contributed by atoms with Gasteiger partial charge >= 0.3 is 5.97 Å². The van der Waals surface area contributed by atoms with Crippen LogP contribution in [0.25, 0.3) is 0 Å². The molecule has 2 N–H and O–H groups in total. The zero-order chi connectivity index (χ0) is 21.3. The lowest BCUT2D eigenvalue weighted by Gasteiger charge is -2.51. The predicted molar refractivity (Wildman–Crippen MR) is 116 cm³/mol. The van der Waals surface area contributed by atoms with E-state index in [0.29, 0.717) is 24.3 Å². The van der Waals surface area contributed by atoms with Crippen molar-refractivity contribution in [1.82, 2.24) is 10.2 Å². The molecule has 0 aromatic heterocycles. The van der Waals surface area contributed by atoms with Crippen molar-refractivity contribution in [3.05, 3.63) is 29.3 Å². The number of hydrogen-bond acceptors (Lipinski definition) is 6. The molecule has 30 heavy (non-hydrogen) atoms. The zero-order valence-electron chi connectivity index (χ0n) is 18.5. The second-order valence-corrected chi connectivity index (χ2v) is 9.58. The van der Waals surface area contributed by atoms with E-state index in [0.717, 1.165) is 31.8 Å². The molecule has 1 aromatic carbocycles. The maximum Gasteiger partial charge on any atom is 0.320 e. The molecule has 1 saturated carbocycles. The molecule has 1 heterocycles. The average molecular weight is 417 g/mol. The van der Waals surface area contributed by atoms with Gasteiger partial charge in [0.15, 0.2) is 0 Å². The summed E-state index contributed by atoms with van der Waals surface area (Å²) >= 11 is 0. The molecule has 0 amide bonds. The van der Waals surface area contributed by atoms with E-state index in [1.54, 1.807) is 13.2 Å². The van der Waals surface area contributed by atoms with Crippen LogP contribution in [0.4, 0.5) is 0 Å². The van der Waals surface area contributed by atoms with Crippen LogP contribution >= 0.6 is 0 Å². The van der Waals surface area contributed by atoms with E-state index in [1.165, 1.54) is 24.0 Å². The molecule has 4 rings (SSSR count). The normalized spacial score (nSPS) is 31.1. The highest BCUT2D eigenvalue weighted by Gasteiger charge is 2.51. The second-order valence-electron chi connectivity index (χ2n) is 9.58. The molecule has 166 valence electrons. The van der Waals surface area contributed by atoms with Crippen molar-refractivity contribution in [3.8, 4) is 5.75 Å². The molecule has 2 fully saturated rings. The Morgan fingerprint density at radius 3 is 2.87 bits per heavy atom. The number of phenolic OH excluding ortho intramolecular Hbond substituents is 1. The average Bonchev–Trinajstić information content (AvgIpc) is 3.54. The number of fused-ring (bicyclic) bond motifs is 4.